The van der Waals surface area contributed by atoms with Crippen LogP contribution in [0.2, 0.25) is 0 Å². The van der Waals surface area contributed by atoms with E-state index in [9.17, 15) is 8.78 Å². The van der Waals surface area contributed by atoms with E-state index in [-0.39, 0.29) is 18.2 Å². The Hall–Kier alpha value is -2.46. The highest BCUT2D eigenvalue weighted by molar-refractivity contribution is 5.33. The zero-order chi connectivity index (χ0) is 18.1. The summed E-state index contributed by atoms with van der Waals surface area (Å²) < 4.78 is 30.8. The van der Waals surface area contributed by atoms with E-state index in [2.05, 4.69) is 46.9 Å². The summed E-state index contributed by atoms with van der Waals surface area (Å²) in [6.07, 6.45) is 3.03. The van der Waals surface area contributed by atoms with Crippen molar-refractivity contribution in [1.82, 2.24) is 9.47 Å². The molecule has 1 aliphatic rings. The second-order valence-electron chi connectivity index (χ2n) is 6.97. The average Bonchev–Trinajstić information content (AvgIpc) is 2.99. The van der Waals surface area contributed by atoms with Gasteiger partial charge in [0.2, 0.25) is 0 Å². The normalized spacial score (nSPS) is 17.7. The number of hydrogen-bond acceptors (Lipinski definition) is 1. The van der Waals surface area contributed by atoms with Crippen molar-refractivity contribution >= 4 is 0 Å². The topological polar surface area (TPSA) is 8.17 Å². The van der Waals surface area contributed by atoms with Crippen molar-refractivity contribution in [3.63, 3.8) is 0 Å². The second-order valence-corrected chi connectivity index (χ2v) is 6.97. The fourth-order valence-corrected chi connectivity index (χ4v) is 3.92. The number of hydrogen-bond donors (Lipinski definition) is 0. The van der Waals surface area contributed by atoms with Crippen LogP contribution in [0.1, 0.15) is 34.8 Å². The summed E-state index contributed by atoms with van der Waals surface area (Å²) >= 11 is 0. The monoisotopic (exact) mass is 352 g/mol. The van der Waals surface area contributed by atoms with E-state index in [0.717, 1.165) is 25.1 Å². The van der Waals surface area contributed by atoms with Gasteiger partial charge in [-0.05, 0) is 43.2 Å². The molecule has 26 heavy (non-hydrogen) atoms. The van der Waals surface area contributed by atoms with Crippen LogP contribution in [0.5, 0.6) is 0 Å². The minimum Gasteiger partial charge on any atom is -0.350 e. The molecule has 1 unspecified atom stereocenters. The third-order valence-electron chi connectivity index (χ3n) is 5.14. The molecule has 2 heterocycles. The fourth-order valence-electron chi connectivity index (χ4n) is 3.92. The molecule has 0 fully saturated rings. The van der Waals surface area contributed by atoms with Crippen molar-refractivity contribution in [3.8, 4) is 0 Å². The van der Waals surface area contributed by atoms with Crippen molar-refractivity contribution in [2.24, 2.45) is 0 Å². The van der Waals surface area contributed by atoms with Crippen LogP contribution in [0.15, 0.2) is 60.8 Å². The quantitative estimate of drug-likeness (QED) is 0.639. The van der Waals surface area contributed by atoms with E-state index in [4.69, 9.17) is 0 Å². The summed E-state index contributed by atoms with van der Waals surface area (Å²) in [5.41, 5.74) is 3.65. The van der Waals surface area contributed by atoms with E-state index < -0.39 is 11.6 Å². The van der Waals surface area contributed by atoms with Gasteiger partial charge < -0.3 is 4.57 Å². The third kappa shape index (κ3) is 3.17. The summed E-state index contributed by atoms with van der Waals surface area (Å²) in [5.74, 6) is -0.958. The third-order valence-corrected chi connectivity index (χ3v) is 5.14. The van der Waals surface area contributed by atoms with Crippen LogP contribution in [0, 0.1) is 18.6 Å². The number of fused-ring (bicyclic) bond motifs is 1. The largest absolute Gasteiger partial charge is 0.350 e. The minimum atomic E-state index is -0.479. The van der Waals surface area contributed by atoms with Crippen LogP contribution < -0.4 is 0 Å². The standard InChI is InChI=1S/C22H22F2N2/c1-16-6-2-7-17(14-16)22-21-10-4-11-25(21)12-5-13-26(22)15-18-19(23)8-3-9-20(18)24/h2-4,6-11,14,22H,5,12-13,15H2,1H3. The molecule has 0 radical (unpaired) electrons. The van der Waals surface area contributed by atoms with Gasteiger partial charge in [-0.25, -0.2) is 8.78 Å². The lowest BCUT2D eigenvalue weighted by molar-refractivity contribution is 0.214. The van der Waals surface area contributed by atoms with E-state index in [1.165, 1.54) is 29.5 Å². The Morgan fingerprint density at radius 3 is 2.50 bits per heavy atom. The molecule has 0 bridgehead atoms. The molecule has 134 valence electrons. The first-order valence-electron chi connectivity index (χ1n) is 9.02. The predicted octanol–water partition coefficient (Wildman–Crippen LogP) is 5.07. The van der Waals surface area contributed by atoms with Gasteiger partial charge in [0.15, 0.2) is 0 Å². The molecular formula is C22H22F2N2. The summed E-state index contributed by atoms with van der Waals surface area (Å²) in [4.78, 5) is 2.19. The molecule has 0 spiro atoms. The Kier molecular flexibility index (Phi) is 4.60. The Bertz CT molecular complexity index is 896. The van der Waals surface area contributed by atoms with Crippen LogP contribution in [0.3, 0.4) is 0 Å². The highest BCUT2D eigenvalue weighted by atomic mass is 19.1. The SMILES string of the molecule is Cc1cccc(C2c3cccn3CCCN2Cc2c(F)cccc2F)c1. The zero-order valence-corrected chi connectivity index (χ0v) is 14.8. The molecule has 0 amide bonds. The Labute approximate surface area is 152 Å². The number of aryl methyl sites for hydroxylation is 2. The summed E-state index contributed by atoms with van der Waals surface area (Å²) in [5, 5.41) is 0. The van der Waals surface area contributed by atoms with Crippen molar-refractivity contribution in [2.45, 2.75) is 32.5 Å². The first-order chi connectivity index (χ1) is 12.6. The molecule has 3 aromatic rings. The summed E-state index contributed by atoms with van der Waals surface area (Å²) in [6, 6.07) is 16.6. The van der Waals surface area contributed by atoms with Gasteiger partial charge in [0, 0.05) is 37.1 Å². The fraction of sp³-hybridized carbons (Fsp3) is 0.273. The lowest BCUT2D eigenvalue weighted by atomic mass is 9.99. The molecule has 0 aliphatic carbocycles. The molecule has 0 N–H and O–H groups in total. The summed E-state index contributed by atoms with van der Waals surface area (Å²) in [6.45, 7) is 4.03. The van der Waals surface area contributed by atoms with Crippen LogP contribution in [0.25, 0.3) is 0 Å². The maximum atomic E-state index is 14.3. The number of nitrogens with zero attached hydrogens (tertiary/aromatic N) is 2. The zero-order valence-electron chi connectivity index (χ0n) is 14.8. The van der Waals surface area contributed by atoms with Crippen LogP contribution in [0.4, 0.5) is 8.78 Å². The van der Waals surface area contributed by atoms with Gasteiger partial charge in [-0.2, -0.15) is 0 Å². The van der Waals surface area contributed by atoms with Gasteiger partial charge in [0.25, 0.3) is 0 Å². The smallest absolute Gasteiger partial charge is 0.130 e. The molecule has 1 atom stereocenters. The number of aromatic nitrogens is 1. The molecule has 1 aromatic heterocycles. The molecule has 1 aliphatic heterocycles. The van der Waals surface area contributed by atoms with Gasteiger partial charge in [-0.3, -0.25) is 4.90 Å². The molecule has 0 saturated heterocycles. The van der Waals surface area contributed by atoms with E-state index >= 15 is 0 Å². The molecule has 0 saturated carbocycles. The van der Waals surface area contributed by atoms with Gasteiger partial charge in [0.1, 0.15) is 11.6 Å². The molecule has 4 rings (SSSR count). The maximum absolute atomic E-state index is 14.3. The van der Waals surface area contributed by atoms with E-state index in [1.807, 2.05) is 12.1 Å². The van der Waals surface area contributed by atoms with Crippen molar-refractivity contribution < 1.29 is 8.78 Å². The first-order valence-corrected chi connectivity index (χ1v) is 9.02. The predicted molar refractivity (Wildman–Crippen MR) is 98.8 cm³/mol. The van der Waals surface area contributed by atoms with E-state index in [1.54, 1.807) is 0 Å². The van der Waals surface area contributed by atoms with Crippen molar-refractivity contribution in [1.29, 1.82) is 0 Å². The number of rotatable bonds is 3. The average molecular weight is 352 g/mol. The number of benzene rings is 2. The molecule has 2 aromatic carbocycles. The number of halogens is 2. The van der Waals surface area contributed by atoms with Gasteiger partial charge in [-0.15, -0.1) is 0 Å². The Morgan fingerprint density at radius 1 is 0.962 bits per heavy atom. The van der Waals surface area contributed by atoms with Gasteiger partial charge in [0.05, 0.1) is 6.04 Å². The Morgan fingerprint density at radius 2 is 1.73 bits per heavy atom. The highest BCUT2D eigenvalue weighted by Crippen LogP contribution is 2.34. The highest BCUT2D eigenvalue weighted by Gasteiger charge is 2.28. The van der Waals surface area contributed by atoms with Gasteiger partial charge in [-0.1, -0.05) is 35.9 Å². The van der Waals surface area contributed by atoms with Crippen LogP contribution in [-0.2, 0) is 13.1 Å². The molecule has 4 heteroatoms. The van der Waals surface area contributed by atoms with Crippen molar-refractivity contribution in [2.75, 3.05) is 6.54 Å². The van der Waals surface area contributed by atoms with E-state index in [0.29, 0.717) is 0 Å². The van der Waals surface area contributed by atoms with Gasteiger partial charge >= 0.3 is 0 Å². The first kappa shape index (κ1) is 17.0. The maximum Gasteiger partial charge on any atom is 0.130 e. The summed E-state index contributed by atoms with van der Waals surface area (Å²) in [7, 11) is 0. The van der Waals surface area contributed by atoms with Crippen LogP contribution in [-0.4, -0.2) is 16.0 Å². The minimum absolute atomic E-state index is 0.0218. The second kappa shape index (κ2) is 7.04. The molecule has 2 nitrogen and oxygen atoms in total. The molecular weight excluding hydrogens is 330 g/mol. The van der Waals surface area contributed by atoms with Crippen molar-refractivity contribution in [3.05, 3.63) is 94.8 Å². The lowest BCUT2D eigenvalue weighted by Gasteiger charge is -2.31. The Balaban J connectivity index is 1.79. The van der Waals surface area contributed by atoms with Crippen LogP contribution >= 0.6 is 0 Å². The lowest BCUT2D eigenvalue weighted by Crippen LogP contribution is -2.30.